The fourth-order valence-electron chi connectivity index (χ4n) is 3.86. The predicted molar refractivity (Wildman–Crippen MR) is 125 cm³/mol. The summed E-state index contributed by atoms with van der Waals surface area (Å²) in [6, 6.07) is 0. The molecule has 10 heteroatoms. The summed E-state index contributed by atoms with van der Waals surface area (Å²) in [5.74, 6) is -8.01. The maximum Gasteiger partial charge on any atom is 0.314 e. The van der Waals surface area contributed by atoms with Crippen molar-refractivity contribution in [1.29, 1.82) is 0 Å². The highest BCUT2D eigenvalue weighted by atomic mass is 35.5. The molecule has 1 aliphatic carbocycles. The molecular formula is C25H28Cl2F4N2O2. The fourth-order valence-corrected chi connectivity index (χ4v) is 4.38. The Morgan fingerprint density at radius 3 is 1.86 bits per heavy atom. The van der Waals surface area contributed by atoms with Crippen molar-refractivity contribution >= 4 is 29.2 Å². The van der Waals surface area contributed by atoms with E-state index >= 15 is 0 Å². The summed E-state index contributed by atoms with van der Waals surface area (Å²) in [6.45, 7) is 10.2. The van der Waals surface area contributed by atoms with Gasteiger partial charge in [0.15, 0.2) is 23.3 Å². The molecule has 4 nitrogen and oxygen atoms in total. The van der Waals surface area contributed by atoms with Gasteiger partial charge in [0.25, 0.3) is 0 Å². The lowest BCUT2D eigenvalue weighted by molar-refractivity contribution is -0.149. The second kappa shape index (κ2) is 9.51. The lowest BCUT2D eigenvalue weighted by Gasteiger charge is -2.29. The molecule has 2 aromatic rings. The monoisotopic (exact) mass is 534 g/mol. The molecule has 1 aromatic carbocycles. The number of esters is 1. The molecule has 0 aliphatic heterocycles. The van der Waals surface area contributed by atoms with Crippen molar-refractivity contribution in [1.82, 2.24) is 9.97 Å². The van der Waals surface area contributed by atoms with E-state index in [-0.39, 0.29) is 18.3 Å². The highest BCUT2D eigenvalue weighted by Gasteiger charge is 2.52. The number of hydrogen-bond donors (Lipinski definition) is 0. The normalized spacial score (nSPS) is 18.3. The van der Waals surface area contributed by atoms with E-state index in [9.17, 15) is 22.4 Å². The minimum Gasteiger partial charge on any atom is -0.460 e. The van der Waals surface area contributed by atoms with Crippen LogP contribution >= 0.6 is 23.2 Å². The van der Waals surface area contributed by atoms with Gasteiger partial charge >= 0.3 is 5.97 Å². The zero-order valence-electron chi connectivity index (χ0n) is 20.4. The first-order valence-corrected chi connectivity index (χ1v) is 11.9. The summed E-state index contributed by atoms with van der Waals surface area (Å²) in [6.07, 6.45) is 2.92. The molecule has 2 atom stereocenters. The molecular weight excluding hydrogens is 507 g/mol. The Morgan fingerprint density at radius 1 is 1.00 bits per heavy atom. The van der Waals surface area contributed by atoms with Crippen molar-refractivity contribution in [3.8, 4) is 0 Å². The summed E-state index contributed by atoms with van der Waals surface area (Å²) < 4.78 is 62.5. The third-order valence-corrected chi connectivity index (χ3v) is 6.91. The quantitative estimate of drug-likeness (QED) is 0.174. The second-order valence-corrected chi connectivity index (χ2v) is 12.6. The highest BCUT2D eigenvalue weighted by molar-refractivity contribution is 6.50. The Balaban J connectivity index is 1.83. The van der Waals surface area contributed by atoms with Gasteiger partial charge in [-0.3, -0.25) is 4.79 Å². The van der Waals surface area contributed by atoms with Gasteiger partial charge in [-0.1, -0.05) is 41.5 Å². The van der Waals surface area contributed by atoms with Crippen LogP contribution in [0, 0.1) is 34.6 Å². The third-order valence-electron chi connectivity index (χ3n) is 5.99. The van der Waals surface area contributed by atoms with Gasteiger partial charge in [-0.05, 0) is 24.2 Å². The van der Waals surface area contributed by atoms with Crippen molar-refractivity contribution in [3.05, 3.63) is 58.2 Å². The maximum absolute atomic E-state index is 14.7. The topological polar surface area (TPSA) is 52.1 Å². The molecule has 1 fully saturated rings. The zero-order chi connectivity index (χ0) is 26.5. The van der Waals surface area contributed by atoms with Crippen LogP contribution in [0.15, 0.2) is 12.4 Å². The average Bonchev–Trinajstić information content (AvgIpc) is 3.34. The first-order chi connectivity index (χ1) is 15.9. The molecule has 0 bridgehead atoms. The molecule has 0 spiro atoms. The minimum atomic E-state index is -1.62. The Morgan fingerprint density at radius 2 is 1.46 bits per heavy atom. The molecule has 1 aliphatic rings. The van der Waals surface area contributed by atoms with Crippen LogP contribution in [0.5, 0.6) is 0 Å². The molecule has 0 N–H and O–H groups in total. The van der Waals surface area contributed by atoms with Crippen molar-refractivity contribution in [2.24, 2.45) is 11.3 Å². The number of carbonyl (C=O) groups excluding carboxylic acids is 1. The van der Waals surface area contributed by atoms with Crippen LogP contribution in [0.25, 0.3) is 0 Å². The Labute approximate surface area is 212 Å². The largest absolute Gasteiger partial charge is 0.460 e. The SMILES string of the molecule is CC(C)(C)c1ncc(C(C(=O)OCc2c(F)c(F)c(CC3CC3(Cl)Cl)c(F)c2F)C(C)(C)C)cn1. The van der Waals surface area contributed by atoms with Gasteiger partial charge in [0, 0.05) is 28.9 Å². The summed E-state index contributed by atoms with van der Waals surface area (Å²) in [7, 11) is 0. The van der Waals surface area contributed by atoms with Crippen molar-refractivity contribution in [3.63, 3.8) is 0 Å². The van der Waals surface area contributed by atoms with Crippen molar-refractivity contribution in [2.45, 2.75) is 76.7 Å². The number of rotatable bonds is 6. The highest BCUT2D eigenvalue weighted by Crippen LogP contribution is 2.55. The van der Waals surface area contributed by atoms with Crippen molar-refractivity contribution < 1.29 is 27.1 Å². The van der Waals surface area contributed by atoms with Gasteiger partial charge in [-0.25, -0.2) is 27.5 Å². The van der Waals surface area contributed by atoms with E-state index in [1.165, 1.54) is 12.4 Å². The molecule has 2 unspecified atom stereocenters. The van der Waals surface area contributed by atoms with Gasteiger partial charge in [0.1, 0.15) is 16.8 Å². The standard InChI is InChI=1S/C25H28Cl2F4N2O2/c1-23(2,3)16(12-9-32-22(33-10-12)24(4,5)6)21(34)35-11-15-19(30)17(28)14(18(29)20(15)31)7-13-8-25(13,26)27/h9-10,13,16H,7-8,11H2,1-6H3. The molecule has 1 aromatic heterocycles. The fraction of sp³-hybridized carbons (Fsp3) is 0.560. The van der Waals surface area contributed by atoms with Gasteiger partial charge in [-0.15, -0.1) is 23.2 Å². The first-order valence-electron chi connectivity index (χ1n) is 11.2. The zero-order valence-corrected chi connectivity index (χ0v) is 21.9. The van der Waals surface area contributed by atoms with E-state index in [0.29, 0.717) is 11.4 Å². The molecule has 0 radical (unpaired) electrons. The van der Waals surface area contributed by atoms with E-state index in [1.807, 2.05) is 20.8 Å². The Hall–Kier alpha value is -1.93. The number of benzene rings is 1. The number of hydrogen-bond acceptors (Lipinski definition) is 4. The average molecular weight is 535 g/mol. The molecule has 0 amide bonds. The second-order valence-electron chi connectivity index (χ2n) is 11.1. The van der Waals surface area contributed by atoms with Gasteiger partial charge in [0.05, 0.1) is 11.5 Å². The van der Waals surface area contributed by atoms with Crippen LogP contribution in [0.2, 0.25) is 0 Å². The maximum atomic E-state index is 14.7. The number of alkyl halides is 2. The predicted octanol–water partition coefficient (Wildman–Crippen LogP) is 6.94. The Bertz CT molecular complexity index is 1100. The van der Waals surface area contributed by atoms with Gasteiger partial charge < -0.3 is 4.74 Å². The lowest BCUT2D eigenvalue weighted by Crippen LogP contribution is -2.29. The summed E-state index contributed by atoms with van der Waals surface area (Å²) in [5.41, 5.74) is -2.32. The number of carbonyl (C=O) groups is 1. The molecule has 0 saturated heterocycles. The van der Waals surface area contributed by atoms with Crippen LogP contribution in [0.3, 0.4) is 0 Å². The smallest absolute Gasteiger partial charge is 0.314 e. The number of aromatic nitrogens is 2. The third kappa shape index (κ3) is 5.91. The molecule has 192 valence electrons. The first kappa shape index (κ1) is 27.7. The van der Waals surface area contributed by atoms with E-state index in [0.717, 1.165) is 0 Å². The van der Waals surface area contributed by atoms with Crippen LogP contribution in [0.1, 0.15) is 76.4 Å². The van der Waals surface area contributed by atoms with E-state index in [2.05, 4.69) is 9.97 Å². The summed E-state index contributed by atoms with van der Waals surface area (Å²) >= 11 is 11.7. The molecule has 1 heterocycles. The van der Waals surface area contributed by atoms with E-state index in [4.69, 9.17) is 27.9 Å². The molecule has 1 saturated carbocycles. The summed E-state index contributed by atoms with van der Waals surface area (Å²) in [5, 5.41) is 0. The number of halogens is 6. The van der Waals surface area contributed by atoms with Crippen LogP contribution in [-0.2, 0) is 28.0 Å². The summed E-state index contributed by atoms with van der Waals surface area (Å²) in [4.78, 5) is 21.6. The lowest BCUT2D eigenvalue weighted by atomic mass is 9.77. The van der Waals surface area contributed by atoms with Gasteiger partial charge in [-0.2, -0.15) is 0 Å². The molecule has 35 heavy (non-hydrogen) atoms. The Kier molecular flexibility index (Phi) is 7.51. The number of nitrogens with zero attached hydrogens (tertiary/aromatic N) is 2. The van der Waals surface area contributed by atoms with Crippen LogP contribution < -0.4 is 0 Å². The van der Waals surface area contributed by atoms with E-state index in [1.54, 1.807) is 20.8 Å². The van der Waals surface area contributed by atoms with Crippen LogP contribution in [-0.4, -0.2) is 20.3 Å². The molecule has 3 rings (SSSR count). The van der Waals surface area contributed by atoms with Crippen molar-refractivity contribution in [2.75, 3.05) is 0 Å². The minimum absolute atomic E-state index is 0.256. The number of ether oxygens (including phenoxy) is 1. The van der Waals surface area contributed by atoms with Gasteiger partial charge in [0.2, 0.25) is 0 Å². The van der Waals surface area contributed by atoms with Crippen LogP contribution in [0.4, 0.5) is 17.6 Å². The van der Waals surface area contributed by atoms with E-state index < -0.39 is 68.6 Å².